The van der Waals surface area contributed by atoms with Crippen molar-refractivity contribution in [1.82, 2.24) is 21.3 Å². The smallest absolute Gasteiger partial charge is 0.124 e. The summed E-state index contributed by atoms with van der Waals surface area (Å²) in [5.41, 5.74) is 5.99. The van der Waals surface area contributed by atoms with E-state index in [1.165, 1.54) is 0 Å². The molecule has 164 valence electrons. The minimum atomic E-state index is 0.221. The number of hydrogen-bond donors (Lipinski definition) is 6. The Bertz CT molecular complexity index is 806. The van der Waals surface area contributed by atoms with Gasteiger partial charge in [0.25, 0.3) is 0 Å². The number of hydrogen-bond acceptors (Lipinski definition) is 6. The van der Waals surface area contributed by atoms with Crippen molar-refractivity contribution in [3.05, 3.63) is 57.6 Å². The Hall–Kier alpha value is -2.12. The molecule has 0 amide bonds. The lowest BCUT2D eigenvalue weighted by molar-refractivity contribution is 0.431. The molecule has 6 heteroatoms. The Kier molecular flexibility index (Phi) is 7.72. The van der Waals surface area contributed by atoms with E-state index in [0.717, 1.165) is 46.5 Å². The van der Waals surface area contributed by atoms with Crippen LogP contribution in [-0.4, -0.2) is 35.4 Å². The van der Waals surface area contributed by atoms with E-state index < -0.39 is 0 Å². The van der Waals surface area contributed by atoms with Crippen LogP contribution in [-0.2, 0) is 26.2 Å². The van der Waals surface area contributed by atoms with E-state index >= 15 is 0 Å². The lowest BCUT2D eigenvalue weighted by Crippen LogP contribution is -2.36. The number of rotatable bonds is 0. The van der Waals surface area contributed by atoms with Crippen LogP contribution >= 0.6 is 0 Å². The van der Waals surface area contributed by atoms with E-state index in [-0.39, 0.29) is 12.1 Å². The van der Waals surface area contributed by atoms with Crippen LogP contribution in [0, 0.1) is 13.8 Å². The molecule has 0 aliphatic carbocycles. The van der Waals surface area contributed by atoms with Gasteiger partial charge in [-0.1, -0.05) is 35.4 Å². The van der Waals surface area contributed by atoms with Gasteiger partial charge in [-0.15, -0.1) is 0 Å². The molecule has 0 fully saturated rings. The largest absolute Gasteiger partial charge is 0.507 e. The molecule has 4 bridgehead atoms. The lowest BCUT2D eigenvalue weighted by atomic mass is 10.0. The fourth-order valence-electron chi connectivity index (χ4n) is 3.97. The monoisotopic (exact) mass is 412 g/mol. The Morgan fingerprint density at radius 3 is 1.33 bits per heavy atom. The van der Waals surface area contributed by atoms with Crippen LogP contribution in [0.15, 0.2) is 24.3 Å². The van der Waals surface area contributed by atoms with E-state index in [1.807, 2.05) is 24.3 Å². The van der Waals surface area contributed by atoms with Gasteiger partial charge in [-0.3, -0.25) is 0 Å². The van der Waals surface area contributed by atoms with Crippen molar-refractivity contribution in [3.63, 3.8) is 0 Å². The molecule has 1 heterocycles. The van der Waals surface area contributed by atoms with E-state index in [2.05, 4.69) is 49.0 Å². The van der Waals surface area contributed by atoms with Gasteiger partial charge in [-0.2, -0.15) is 0 Å². The van der Waals surface area contributed by atoms with Gasteiger partial charge in [0.1, 0.15) is 11.5 Å². The summed E-state index contributed by atoms with van der Waals surface area (Å²) >= 11 is 0. The molecule has 1 aliphatic heterocycles. The second-order valence-corrected chi connectivity index (χ2v) is 8.69. The second-order valence-electron chi connectivity index (χ2n) is 8.69. The van der Waals surface area contributed by atoms with Crippen molar-refractivity contribution in [3.8, 4) is 11.5 Å². The molecule has 2 aromatic rings. The number of benzene rings is 2. The summed E-state index contributed by atoms with van der Waals surface area (Å²) in [5, 5.41) is 35.3. The molecule has 0 saturated carbocycles. The third kappa shape index (κ3) is 5.95. The molecule has 0 saturated heterocycles. The molecule has 30 heavy (non-hydrogen) atoms. The molecule has 6 N–H and O–H groups in total. The summed E-state index contributed by atoms with van der Waals surface area (Å²) in [6.45, 7) is 12.3. The predicted octanol–water partition coefficient (Wildman–Crippen LogP) is 2.56. The number of phenolic OH excluding ortho intramolecular Hbond substituents is 2. The average molecular weight is 413 g/mol. The van der Waals surface area contributed by atoms with Crippen LogP contribution in [0.5, 0.6) is 11.5 Å². The van der Waals surface area contributed by atoms with E-state index in [9.17, 15) is 10.2 Å². The fourth-order valence-corrected chi connectivity index (χ4v) is 3.97. The van der Waals surface area contributed by atoms with E-state index in [0.29, 0.717) is 37.7 Å². The maximum absolute atomic E-state index is 10.7. The third-order valence-electron chi connectivity index (χ3n) is 5.64. The molecule has 1 aliphatic rings. The maximum atomic E-state index is 10.7. The topological polar surface area (TPSA) is 88.6 Å². The Balaban J connectivity index is 1.80. The first-order chi connectivity index (χ1) is 14.3. The minimum Gasteiger partial charge on any atom is -0.507 e. The highest BCUT2D eigenvalue weighted by atomic mass is 16.3. The van der Waals surface area contributed by atoms with Gasteiger partial charge in [0.2, 0.25) is 0 Å². The zero-order chi connectivity index (χ0) is 21.7. The molecule has 2 unspecified atom stereocenters. The number of aromatic hydroxyl groups is 2. The molecular weight excluding hydrogens is 376 g/mol. The van der Waals surface area contributed by atoms with Gasteiger partial charge in [0, 0.05) is 73.6 Å². The van der Waals surface area contributed by atoms with Crippen LogP contribution in [0.2, 0.25) is 0 Å². The highest BCUT2D eigenvalue weighted by Gasteiger charge is 2.13. The van der Waals surface area contributed by atoms with Crippen molar-refractivity contribution in [1.29, 1.82) is 0 Å². The predicted molar refractivity (Wildman–Crippen MR) is 122 cm³/mol. The summed E-state index contributed by atoms with van der Waals surface area (Å²) in [7, 11) is 0. The molecular formula is C24H36N4O2. The molecule has 3 rings (SSSR count). The van der Waals surface area contributed by atoms with Crippen molar-refractivity contribution in [2.24, 2.45) is 0 Å². The minimum absolute atomic E-state index is 0.221. The first kappa shape index (κ1) is 22.6. The summed E-state index contributed by atoms with van der Waals surface area (Å²) in [6.07, 6.45) is 0. The van der Waals surface area contributed by atoms with Crippen molar-refractivity contribution in [2.45, 2.75) is 66.0 Å². The van der Waals surface area contributed by atoms with Gasteiger partial charge in [0.05, 0.1) is 0 Å². The molecule has 0 aromatic heterocycles. The van der Waals surface area contributed by atoms with Crippen LogP contribution in [0.4, 0.5) is 0 Å². The standard InChI is InChI=1S/C24H36N4O2/c1-15-5-19-11-25-9-17(3)27-13-21-7-16(2)8-22(24(21)30)14-28-18(4)10-26-12-20(6-15)23(19)29/h5-8,17-18,25-30H,9-14H2,1-4H3. The Labute approximate surface area is 180 Å². The fraction of sp³-hybridized carbons (Fsp3) is 0.500. The van der Waals surface area contributed by atoms with Crippen LogP contribution in [0.1, 0.15) is 47.2 Å². The normalized spacial score (nSPS) is 21.6. The van der Waals surface area contributed by atoms with Gasteiger partial charge in [-0.05, 0) is 27.7 Å². The van der Waals surface area contributed by atoms with Gasteiger partial charge < -0.3 is 31.5 Å². The highest BCUT2D eigenvalue weighted by Crippen LogP contribution is 2.26. The zero-order valence-electron chi connectivity index (χ0n) is 18.6. The molecule has 0 radical (unpaired) electrons. The van der Waals surface area contributed by atoms with Crippen molar-refractivity contribution >= 4 is 0 Å². The number of phenols is 2. The zero-order valence-corrected chi connectivity index (χ0v) is 18.6. The van der Waals surface area contributed by atoms with Gasteiger partial charge >= 0.3 is 0 Å². The average Bonchev–Trinajstić information content (AvgIpc) is 2.69. The highest BCUT2D eigenvalue weighted by molar-refractivity contribution is 5.44. The Morgan fingerprint density at radius 2 is 0.967 bits per heavy atom. The first-order valence-corrected chi connectivity index (χ1v) is 10.8. The molecule has 2 atom stereocenters. The maximum Gasteiger partial charge on any atom is 0.124 e. The van der Waals surface area contributed by atoms with E-state index in [4.69, 9.17) is 0 Å². The third-order valence-corrected chi connectivity index (χ3v) is 5.64. The van der Waals surface area contributed by atoms with Crippen molar-refractivity contribution in [2.75, 3.05) is 13.1 Å². The van der Waals surface area contributed by atoms with Crippen LogP contribution in [0.3, 0.4) is 0 Å². The van der Waals surface area contributed by atoms with Crippen LogP contribution in [0.25, 0.3) is 0 Å². The SMILES string of the molecule is Cc1cc2c(O)c(c1)CNCC(C)NCc1cc(C)cc(c1O)CNC(C)CNC2. The van der Waals surface area contributed by atoms with Crippen molar-refractivity contribution < 1.29 is 10.2 Å². The summed E-state index contributed by atoms with van der Waals surface area (Å²) in [5.74, 6) is 0.746. The summed E-state index contributed by atoms with van der Waals surface area (Å²) in [4.78, 5) is 0. The number of aryl methyl sites for hydroxylation is 2. The summed E-state index contributed by atoms with van der Waals surface area (Å²) in [6, 6.07) is 8.61. The second kappa shape index (κ2) is 10.3. The summed E-state index contributed by atoms with van der Waals surface area (Å²) < 4.78 is 0. The molecule has 6 nitrogen and oxygen atoms in total. The lowest BCUT2D eigenvalue weighted by Gasteiger charge is -2.20. The molecule has 0 spiro atoms. The number of nitrogens with one attached hydrogen (secondary N) is 4. The van der Waals surface area contributed by atoms with E-state index in [1.54, 1.807) is 0 Å². The number of fused-ring (bicyclic) bond motifs is 4. The van der Waals surface area contributed by atoms with Gasteiger partial charge in [0.15, 0.2) is 0 Å². The van der Waals surface area contributed by atoms with Crippen LogP contribution < -0.4 is 21.3 Å². The quantitative estimate of drug-likeness (QED) is 0.399. The Morgan fingerprint density at radius 1 is 0.633 bits per heavy atom. The van der Waals surface area contributed by atoms with Gasteiger partial charge in [-0.25, -0.2) is 0 Å². The molecule has 2 aromatic carbocycles. The first-order valence-electron chi connectivity index (χ1n) is 10.8.